The summed E-state index contributed by atoms with van der Waals surface area (Å²) in [6, 6.07) is 5.54. The van der Waals surface area contributed by atoms with E-state index in [9.17, 15) is 9.59 Å². The van der Waals surface area contributed by atoms with Gasteiger partial charge in [0.15, 0.2) is 0 Å². The zero-order valence-corrected chi connectivity index (χ0v) is 19.7. The molecule has 2 aromatic heterocycles. The molecule has 0 unspecified atom stereocenters. The van der Waals surface area contributed by atoms with Gasteiger partial charge in [-0.25, -0.2) is 14.6 Å². The maximum atomic E-state index is 13.2. The van der Waals surface area contributed by atoms with Crippen LogP contribution in [0.3, 0.4) is 0 Å². The Morgan fingerprint density at radius 2 is 2.00 bits per heavy atom. The average Bonchev–Trinajstić information content (AvgIpc) is 3.67. The zero-order chi connectivity index (χ0) is 23.9. The molecule has 2 aliphatic carbocycles. The molecule has 180 valence electrons. The predicted octanol–water partition coefficient (Wildman–Crippen LogP) is 2.71. The van der Waals surface area contributed by atoms with Crippen LogP contribution in [0.25, 0.3) is 17.2 Å². The van der Waals surface area contributed by atoms with Crippen LogP contribution in [0.5, 0.6) is 5.75 Å². The van der Waals surface area contributed by atoms with Crippen LogP contribution >= 0.6 is 0 Å². The minimum atomic E-state index is -0.520. The highest BCUT2D eigenvalue weighted by Gasteiger charge is 2.35. The molecule has 35 heavy (non-hydrogen) atoms. The number of aromatic nitrogens is 4. The van der Waals surface area contributed by atoms with Crippen molar-refractivity contribution in [1.29, 1.82) is 0 Å². The smallest absolute Gasteiger partial charge is 0.255 e. The molecule has 1 saturated carbocycles. The minimum absolute atomic E-state index is 0.121. The fraction of sp³-hybridized carbons (Fsp3) is 0.423. The first-order valence-corrected chi connectivity index (χ1v) is 12.3. The van der Waals surface area contributed by atoms with Crippen molar-refractivity contribution in [2.45, 2.75) is 56.9 Å². The summed E-state index contributed by atoms with van der Waals surface area (Å²) in [5.41, 5.74) is 5.60. The van der Waals surface area contributed by atoms with Crippen molar-refractivity contribution < 1.29 is 14.3 Å². The Morgan fingerprint density at radius 1 is 1.14 bits per heavy atom. The molecule has 0 bridgehead atoms. The quantitative estimate of drug-likeness (QED) is 0.591. The van der Waals surface area contributed by atoms with Gasteiger partial charge in [0.1, 0.15) is 11.8 Å². The van der Waals surface area contributed by atoms with Crippen molar-refractivity contribution in [3.05, 3.63) is 53.0 Å². The van der Waals surface area contributed by atoms with Gasteiger partial charge >= 0.3 is 0 Å². The summed E-state index contributed by atoms with van der Waals surface area (Å²) in [6.45, 7) is 0.655. The van der Waals surface area contributed by atoms with Crippen LogP contribution in [-0.2, 0) is 17.6 Å². The van der Waals surface area contributed by atoms with Crippen LogP contribution in [0.4, 0.5) is 0 Å². The Labute approximate surface area is 203 Å². The SMILES string of the molecule is COc1ccc2c(c1)CCc1cnc(-n3ncc(C(=O)N[C@H]4CCCCNC4=O)c3C3CC3)nc1-2. The Hall–Kier alpha value is -3.75. The standard InChI is InChI=1S/C26H28N6O3/c1-35-18-9-10-19-16(12-18)7-8-17-13-28-26(31-22(17)19)32-23(15-5-6-15)20(14-29-32)24(33)30-21-4-2-3-11-27-25(21)34/h9-10,12-15,21H,2-8,11H2,1H3,(H,27,34)(H,30,33)/t21-/m0/s1. The number of benzene rings is 1. The molecule has 2 amide bonds. The second-order valence-electron chi connectivity index (χ2n) is 9.51. The zero-order valence-electron chi connectivity index (χ0n) is 19.7. The normalized spacial score (nSPS) is 19.2. The highest BCUT2D eigenvalue weighted by Crippen LogP contribution is 2.42. The molecule has 2 fully saturated rings. The van der Waals surface area contributed by atoms with Crippen LogP contribution in [0, 0.1) is 0 Å². The van der Waals surface area contributed by atoms with Crippen LogP contribution in [0.15, 0.2) is 30.6 Å². The van der Waals surface area contributed by atoms with Crippen molar-refractivity contribution in [2.24, 2.45) is 0 Å². The molecule has 3 aromatic rings. The number of hydrogen-bond acceptors (Lipinski definition) is 6. The van der Waals surface area contributed by atoms with Gasteiger partial charge in [0.25, 0.3) is 11.9 Å². The van der Waals surface area contributed by atoms with Crippen molar-refractivity contribution in [3.63, 3.8) is 0 Å². The number of hydrogen-bond donors (Lipinski definition) is 2. The predicted molar refractivity (Wildman–Crippen MR) is 129 cm³/mol. The first-order chi connectivity index (χ1) is 17.1. The Morgan fingerprint density at radius 3 is 2.83 bits per heavy atom. The second kappa shape index (κ2) is 8.79. The third kappa shape index (κ3) is 4.05. The molecule has 0 radical (unpaired) electrons. The lowest BCUT2D eigenvalue weighted by Crippen LogP contribution is -2.45. The lowest BCUT2D eigenvalue weighted by molar-refractivity contribution is -0.122. The van der Waals surface area contributed by atoms with Crippen LogP contribution in [-0.4, -0.2) is 51.3 Å². The van der Waals surface area contributed by atoms with Gasteiger partial charge in [-0.2, -0.15) is 5.10 Å². The maximum absolute atomic E-state index is 13.2. The van der Waals surface area contributed by atoms with E-state index < -0.39 is 6.04 Å². The lowest BCUT2D eigenvalue weighted by Gasteiger charge is -2.20. The van der Waals surface area contributed by atoms with E-state index in [-0.39, 0.29) is 17.7 Å². The molecule has 9 heteroatoms. The largest absolute Gasteiger partial charge is 0.497 e. The molecule has 1 aliphatic heterocycles. The number of rotatable bonds is 5. The van der Waals surface area contributed by atoms with Crippen molar-refractivity contribution in [1.82, 2.24) is 30.4 Å². The maximum Gasteiger partial charge on any atom is 0.255 e. The molecule has 0 spiro atoms. The van der Waals surface area contributed by atoms with Gasteiger partial charge in [-0.1, -0.05) is 0 Å². The van der Waals surface area contributed by atoms with E-state index in [4.69, 9.17) is 9.72 Å². The molecule has 1 saturated heterocycles. The van der Waals surface area contributed by atoms with Gasteiger partial charge in [-0.3, -0.25) is 9.59 Å². The number of carbonyl (C=O) groups is 2. The molecule has 3 heterocycles. The third-order valence-corrected chi connectivity index (χ3v) is 7.13. The molecular weight excluding hydrogens is 444 g/mol. The number of nitrogens with one attached hydrogen (secondary N) is 2. The summed E-state index contributed by atoms with van der Waals surface area (Å²) in [7, 11) is 1.67. The molecule has 2 N–H and O–H groups in total. The monoisotopic (exact) mass is 472 g/mol. The van der Waals surface area contributed by atoms with Gasteiger partial charge in [-0.05, 0) is 74.3 Å². The van der Waals surface area contributed by atoms with Gasteiger partial charge in [0.05, 0.1) is 30.3 Å². The summed E-state index contributed by atoms with van der Waals surface area (Å²) in [5, 5.41) is 10.3. The van der Waals surface area contributed by atoms with Gasteiger partial charge in [0, 0.05) is 24.2 Å². The van der Waals surface area contributed by atoms with Crippen molar-refractivity contribution >= 4 is 11.8 Å². The topological polar surface area (TPSA) is 111 Å². The van der Waals surface area contributed by atoms with E-state index in [2.05, 4.69) is 26.8 Å². The average molecular weight is 473 g/mol. The summed E-state index contributed by atoms with van der Waals surface area (Å²) >= 11 is 0. The van der Waals surface area contributed by atoms with E-state index in [0.717, 1.165) is 66.8 Å². The fourth-order valence-electron chi connectivity index (χ4n) is 5.07. The first kappa shape index (κ1) is 21.8. The Bertz CT molecular complexity index is 1310. The highest BCUT2D eigenvalue weighted by atomic mass is 16.5. The van der Waals surface area contributed by atoms with Crippen molar-refractivity contribution in [2.75, 3.05) is 13.7 Å². The van der Waals surface area contributed by atoms with Gasteiger partial charge in [-0.15, -0.1) is 0 Å². The van der Waals surface area contributed by atoms with E-state index in [0.29, 0.717) is 24.5 Å². The molecule has 3 aliphatic rings. The molecular formula is C26H28N6O3. The minimum Gasteiger partial charge on any atom is -0.497 e. The number of methoxy groups -OCH3 is 1. The number of ether oxygens (including phenoxy) is 1. The van der Waals surface area contributed by atoms with Gasteiger partial charge in [0.2, 0.25) is 5.91 Å². The highest BCUT2D eigenvalue weighted by molar-refractivity contribution is 5.98. The van der Waals surface area contributed by atoms with Crippen LogP contribution in [0.1, 0.15) is 65.2 Å². The summed E-state index contributed by atoms with van der Waals surface area (Å²) in [5.74, 6) is 1.14. The number of carbonyl (C=O) groups excluding carboxylic acids is 2. The van der Waals surface area contributed by atoms with E-state index in [1.807, 2.05) is 18.3 Å². The fourth-order valence-corrected chi connectivity index (χ4v) is 5.07. The van der Waals surface area contributed by atoms with Crippen molar-refractivity contribution in [3.8, 4) is 23.0 Å². The Balaban J connectivity index is 1.34. The Kier molecular flexibility index (Phi) is 5.47. The second-order valence-corrected chi connectivity index (χ2v) is 9.51. The molecule has 9 nitrogen and oxygen atoms in total. The number of aryl methyl sites for hydroxylation is 2. The molecule has 6 rings (SSSR count). The number of amides is 2. The van der Waals surface area contributed by atoms with E-state index in [1.54, 1.807) is 18.0 Å². The summed E-state index contributed by atoms with van der Waals surface area (Å²) in [6.07, 6.45) is 9.68. The third-order valence-electron chi connectivity index (χ3n) is 7.13. The number of nitrogens with zero attached hydrogens (tertiary/aromatic N) is 4. The van der Waals surface area contributed by atoms with Crippen LogP contribution < -0.4 is 15.4 Å². The molecule has 1 atom stereocenters. The summed E-state index contributed by atoms with van der Waals surface area (Å²) < 4.78 is 7.10. The number of fused-ring (bicyclic) bond motifs is 3. The molecule has 1 aromatic carbocycles. The van der Waals surface area contributed by atoms with E-state index in [1.165, 1.54) is 5.56 Å². The van der Waals surface area contributed by atoms with Crippen LogP contribution in [0.2, 0.25) is 0 Å². The van der Waals surface area contributed by atoms with E-state index >= 15 is 0 Å². The first-order valence-electron chi connectivity index (χ1n) is 12.3. The lowest BCUT2D eigenvalue weighted by atomic mass is 9.90. The van der Waals surface area contributed by atoms with Gasteiger partial charge < -0.3 is 15.4 Å². The summed E-state index contributed by atoms with van der Waals surface area (Å²) in [4.78, 5) is 35.1.